The van der Waals surface area contributed by atoms with E-state index >= 15 is 0 Å². The zero-order chi connectivity index (χ0) is 10.6. The monoisotopic (exact) mass is 193 g/mol. The highest BCUT2D eigenvalue weighted by Crippen LogP contribution is 2.19. The third-order valence-corrected chi connectivity index (χ3v) is 2.55. The summed E-state index contributed by atoms with van der Waals surface area (Å²) in [6.45, 7) is 5.35. The van der Waals surface area contributed by atoms with Gasteiger partial charge in [-0.15, -0.1) is 0 Å². The van der Waals surface area contributed by atoms with Crippen molar-refractivity contribution in [2.75, 3.05) is 25.5 Å². The van der Waals surface area contributed by atoms with E-state index in [9.17, 15) is 0 Å². The first kappa shape index (κ1) is 11.0. The van der Waals surface area contributed by atoms with E-state index in [1.807, 2.05) is 19.3 Å². The topological polar surface area (TPSA) is 28.2 Å². The molecular weight excluding hydrogens is 174 g/mol. The molecule has 78 valence electrons. The molecule has 0 aliphatic heterocycles. The van der Waals surface area contributed by atoms with Crippen molar-refractivity contribution in [1.29, 1.82) is 0 Å². The summed E-state index contributed by atoms with van der Waals surface area (Å²) >= 11 is 0. The molecule has 0 spiro atoms. The molecule has 0 atom stereocenters. The molecule has 0 saturated carbocycles. The van der Waals surface area contributed by atoms with Gasteiger partial charge in [-0.05, 0) is 33.0 Å². The smallest absolute Gasteiger partial charge is 0.0555 e. The summed E-state index contributed by atoms with van der Waals surface area (Å²) in [5, 5.41) is 3.20. The third kappa shape index (κ3) is 2.45. The Kier molecular flexibility index (Phi) is 3.47. The molecule has 1 aromatic heterocycles. The van der Waals surface area contributed by atoms with E-state index in [1.165, 1.54) is 0 Å². The Balaban J connectivity index is 2.79. The minimum Gasteiger partial charge on any atom is -0.367 e. The van der Waals surface area contributed by atoms with Crippen LogP contribution in [0.1, 0.15) is 13.8 Å². The molecule has 0 aromatic carbocycles. The van der Waals surface area contributed by atoms with Crippen molar-refractivity contribution in [1.82, 2.24) is 10.3 Å². The van der Waals surface area contributed by atoms with Crippen LogP contribution in [0.15, 0.2) is 24.5 Å². The summed E-state index contributed by atoms with van der Waals surface area (Å²) in [5.41, 5.74) is 1.24. The van der Waals surface area contributed by atoms with Crippen molar-refractivity contribution in [2.24, 2.45) is 0 Å². The molecule has 1 rings (SSSR count). The Bertz CT molecular complexity index is 269. The molecule has 0 bridgehead atoms. The Morgan fingerprint density at radius 2 is 2.21 bits per heavy atom. The molecule has 0 aliphatic carbocycles. The van der Waals surface area contributed by atoms with Gasteiger partial charge in [-0.25, -0.2) is 0 Å². The highest BCUT2D eigenvalue weighted by Gasteiger charge is 2.22. The summed E-state index contributed by atoms with van der Waals surface area (Å²) in [6.07, 6.45) is 3.68. The Hall–Kier alpha value is -1.09. The van der Waals surface area contributed by atoms with Gasteiger partial charge < -0.3 is 10.2 Å². The molecule has 1 N–H and O–H groups in total. The van der Waals surface area contributed by atoms with Crippen molar-refractivity contribution in [2.45, 2.75) is 19.4 Å². The number of aromatic nitrogens is 1. The zero-order valence-corrected chi connectivity index (χ0v) is 9.41. The van der Waals surface area contributed by atoms with Crippen molar-refractivity contribution in [3.05, 3.63) is 24.5 Å². The van der Waals surface area contributed by atoms with Crippen LogP contribution >= 0.6 is 0 Å². The number of rotatable bonds is 4. The molecule has 0 amide bonds. The van der Waals surface area contributed by atoms with Crippen LogP contribution in [0.5, 0.6) is 0 Å². The van der Waals surface area contributed by atoms with Crippen molar-refractivity contribution < 1.29 is 0 Å². The molecule has 3 heteroatoms. The second kappa shape index (κ2) is 4.42. The predicted molar refractivity (Wildman–Crippen MR) is 60.6 cm³/mol. The van der Waals surface area contributed by atoms with Crippen molar-refractivity contribution in [3.8, 4) is 0 Å². The van der Waals surface area contributed by atoms with Crippen LogP contribution in [0.4, 0.5) is 5.69 Å². The lowest BCUT2D eigenvalue weighted by molar-refractivity contribution is 0.463. The third-order valence-electron chi connectivity index (χ3n) is 2.55. The largest absolute Gasteiger partial charge is 0.367 e. The lowest BCUT2D eigenvalue weighted by Gasteiger charge is -2.37. The van der Waals surface area contributed by atoms with Gasteiger partial charge in [0, 0.05) is 25.3 Å². The van der Waals surface area contributed by atoms with E-state index in [0.717, 1.165) is 12.2 Å². The molecule has 0 unspecified atom stereocenters. The molecule has 0 aliphatic rings. The highest BCUT2D eigenvalue weighted by atomic mass is 15.2. The zero-order valence-electron chi connectivity index (χ0n) is 9.41. The van der Waals surface area contributed by atoms with Crippen LogP contribution in [0.3, 0.4) is 0 Å². The van der Waals surface area contributed by atoms with E-state index in [1.54, 1.807) is 6.20 Å². The van der Waals surface area contributed by atoms with Gasteiger partial charge in [-0.3, -0.25) is 4.98 Å². The number of anilines is 1. The molecule has 3 nitrogen and oxygen atoms in total. The second-order valence-corrected chi connectivity index (χ2v) is 4.11. The standard InChI is InChI=1S/C11H19N3/c1-11(2,9-12-3)14(4)10-6-5-7-13-8-10/h5-8,12H,9H2,1-4H3. The number of hydrogen-bond acceptors (Lipinski definition) is 3. The Labute approximate surface area is 86.2 Å². The molecule has 14 heavy (non-hydrogen) atoms. The average Bonchev–Trinajstić information content (AvgIpc) is 2.18. The molecule has 1 aromatic rings. The van der Waals surface area contributed by atoms with Gasteiger partial charge in [-0.1, -0.05) is 0 Å². The molecule has 0 fully saturated rings. The van der Waals surface area contributed by atoms with Crippen LogP contribution in [0.2, 0.25) is 0 Å². The van der Waals surface area contributed by atoms with Crippen LogP contribution in [-0.2, 0) is 0 Å². The lowest BCUT2D eigenvalue weighted by atomic mass is 10.0. The van der Waals surface area contributed by atoms with E-state index in [-0.39, 0.29) is 5.54 Å². The number of likely N-dealkylation sites (N-methyl/N-ethyl adjacent to an activating group) is 2. The normalized spacial score (nSPS) is 11.4. The molecule has 0 radical (unpaired) electrons. The van der Waals surface area contributed by atoms with E-state index in [2.05, 4.69) is 42.2 Å². The fraction of sp³-hybridized carbons (Fsp3) is 0.545. The maximum atomic E-state index is 4.12. The van der Waals surface area contributed by atoms with E-state index < -0.39 is 0 Å². The summed E-state index contributed by atoms with van der Waals surface area (Å²) in [5.74, 6) is 0. The predicted octanol–water partition coefficient (Wildman–Crippen LogP) is 1.52. The first-order chi connectivity index (χ1) is 6.58. The van der Waals surface area contributed by atoms with Gasteiger partial charge in [0.05, 0.1) is 11.9 Å². The van der Waals surface area contributed by atoms with Crippen LogP contribution in [0, 0.1) is 0 Å². The van der Waals surface area contributed by atoms with Gasteiger partial charge in [0.2, 0.25) is 0 Å². The van der Waals surface area contributed by atoms with Crippen LogP contribution < -0.4 is 10.2 Å². The van der Waals surface area contributed by atoms with Gasteiger partial charge in [0.25, 0.3) is 0 Å². The SMILES string of the molecule is CNCC(C)(C)N(C)c1cccnc1. The summed E-state index contributed by atoms with van der Waals surface area (Å²) < 4.78 is 0. The molecular formula is C11H19N3. The Morgan fingerprint density at radius 3 is 2.71 bits per heavy atom. The van der Waals surface area contributed by atoms with Crippen LogP contribution in [-0.4, -0.2) is 31.2 Å². The van der Waals surface area contributed by atoms with Gasteiger partial charge >= 0.3 is 0 Å². The number of hydrogen-bond donors (Lipinski definition) is 1. The fourth-order valence-electron chi connectivity index (χ4n) is 1.45. The van der Waals surface area contributed by atoms with Crippen molar-refractivity contribution >= 4 is 5.69 Å². The maximum Gasteiger partial charge on any atom is 0.0555 e. The molecule has 0 saturated heterocycles. The van der Waals surface area contributed by atoms with Gasteiger partial charge in [0.15, 0.2) is 0 Å². The fourth-order valence-corrected chi connectivity index (χ4v) is 1.45. The van der Waals surface area contributed by atoms with Gasteiger partial charge in [-0.2, -0.15) is 0 Å². The van der Waals surface area contributed by atoms with E-state index in [0.29, 0.717) is 0 Å². The summed E-state index contributed by atoms with van der Waals surface area (Å²) in [4.78, 5) is 6.35. The van der Waals surface area contributed by atoms with Crippen LogP contribution in [0.25, 0.3) is 0 Å². The lowest BCUT2D eigenvalue weighted by Crippen LogP contribution is -2.48. The van der Waals surface area contributed by atoms with Crippen molar-refractivity contribution in [3.63, 3.8) is 0 Å². The number of nitrogens with one attached hydrogen (secondary N) is 1. The number of nitrogens with zero attached hydrogens (tertiary/aromatic N) is 2. The molecule has 1 heterocycles. The summed E-state index contributed by atoms with van der Waals surface area (Å²) in [7, 11) is 4.06. The summed E-state index contributed by atoms with van der Waals surface area (Å²) in [6, 6.07) is 4.03. The average molecular weight is 193 g/mol. The van der Waals surface area contributed by atoms with Gasteiger partial charge in [0.1, 0.15) is 0 Å². The minimum atomic E-state index is 0.0950. The first-order valence-electron chi connectivity index (χ1n) is 4.86. The first-order valence-corrected chi connectivity index (χ1v) is 4.86. The van der Waals surface area contributed by atoms with E-state index in [4.69, 9.17) is 0 Å². The number of pyridine rings is 1. The quantitative estimate of drug-likeness (QED) is 0.785. The highest BCUT2D eigenvalue weighted by molar-refractivity contribution is 5.45. The second-order valence-electron chi connectivity index (χ2n) is 4.11. The minimum absolute atomic E-state index is 0.0950. The maximum absolute atomic E-state index is 4.12. The Morgan fingerprint density at radius 1 is 1.50 bits per heavy atom.